The summed E-state index contributed by atoms with van der Waals surface area (Å²) in [6.07, 6.45) is 25.9. The molecule has 0 saturated carbocycles. The van der Waals surface area contributed by atoms with Crippen molar-refractivity contribution in [3.63, 3.8) is 0 Å². The summed E-state index contributed by atoms with van der Waals surface area (Å²) in [4.78, 5) is 0. The number of rotatable bonds is 17. The number of hydrogen-bond donors (Lipinski definition) is 1. The normalized spacial score (nSPS) is 11.6. The van der Waals surface area contributed by atoms with Crippen molar-refractivity contribution in [3.8, 4) is 0 Å². The molecule has 0 radical (unpaired) electrons. The van der Waals surface area contributed by atoms with E-state index in [0.717, 1.165) is 12.3 Å². The van der Waals surface area contributed by atoms with Gasteiger partial charge in [0.2, 0.25) is 6.33 Å². The van der Waals surface area contributed by atoms with Crippen LogP contribution in [0.3, 0.4) is 0 Å². The number of nitrogens with zero attached hydrogens (tertiary/aromatic N) is 3. The topological polar surface area (TPSA) is 41.4 Å². The quantitative estimate of drug-likeness (QED) is 0.141. The van der Waals surface area contributed by atoms with Crippen LogP contribution in [0.2, 0.25) is 0 Å². The maximum Gasteiger partial charge on any atom is 0.244 e. The molecular formula is C22H42ClN3O. The number of oxime groups is 1. The van der Waals surface area contributed by atoms with Gasteiger partial charge in [0.15, 0.2) is 0 Å². The predicted octanol–water partition coefficient (Wildman–Crippen LogP) is 3.11. The highest BCUT2D eigenvalue weighted by Gasteiger charge is 2.05. The first-order valence-corrected chi connectivity index (χ1v) is 11.0. The molecule has 27 heavy (non-hydrogen) atoms. The van der Waals surface area contributed by atoms with Crippen LogP contribution in [0.25, 0.3) is 0 Å². The van der Waals surface area contributed by atoms with E-state index in [1.807, 2.05) is 13.1 Å². The van der Waals surface area contributed by atoms with Crippen LogP contribution < -0.4 is 17.0 Å². The lowest BCUT2D eigenvalue weighted by atomic mass is 10.0. The monoisotopic (exact) mass is 399 g/mol. The molecule has 0 amide bonds. The van der Waals surface area contributed by atoms with Crippen LogP contribution in [0.5, 0.6) is 0 Å². The second-order valence-electron chi connectivity index (χ2n) is 7.76. The molecule has 1 N–H and O–H groups in total. The Hall–Kier alpha value is -1.03. The summed E-state index contributed by atoms with van der Waals surface area (Å²) in [5, 5.41) is 11.9. The lowest BCUT2D eigenvalue weighted by Gasteiger charge is -2.03. The van der Waals surface area contributed by atoms with Crippen LogP contribution in [0.4, 0.5) is 0 Å². The summed E-state index contributed by atoms with van der Waals surface area (Å²) in [6, 6.07) is 0. The molecule has 0 aliphatic heterocycles. The van der Waals surface area contributed by atoms with Gasteiger partial charge in [0.25, 0.3) is 0 Å². The number of imidazole rings is 1. The smallest absolute Gasteiger partial charge is 0.244 e. The molecule has 1 aromatic heterocycles. The van der Waals surface area contributed by atoms with Gasteiger partial charge in [-0.25, -0.2) is 9.13 Å². The molecular weight excluding hydrogens is 358 g/mol. The van der Waals surface area contributed by atoms with Gasteiger partial charge in [0.05, 0.1) is 12.3 Å². The Morgan fingerprint density at radius 2 is 1.33 bits per heavy atom. The van der Waals surface area contributed by atoms with Crippen molar-refractivity contribution in [3.05, 3.63) is 18.7 Å². The fourth-order valence-electron chi connectivity index (χ4n) is 3.45. The van der Waals surface area contributed by atoms with Crippen LogP contribution in [-0.4, -0.2) is 15.5 Å². The highest BCUT2D eigenvalue weighted by molar-refractivity contribution is 5.79. The van der Waals surface area contributed by atoms with Crippen LogP contribution >= 0.6 is 0 Å². The van der Waals surface area contributed by atoms with Crippen LogP contribution in [0.15, 0.2) is 23.9 Å². The molecule has 0 spiro atoms. The van der Waals surface area contributed by atoms with Gasteiger partial charge >= 0.3 is 0 Å². The zero-order valence-corrected chi connectivity index (χ0v) is 18.5. The summed E-state index contributed by atoms with van der Waals surface area (Å²) < 4.78 is 4.28. The average molecular weight is 400 g/mol. The van der Waals surface area contributed by atoms with E-state index in [-0.39, 0.29) is 12.4 Å². The van der Waals surface area contributed by atoms with E-state index >= 15 is 0 Å². The third kappa shape index (κ3) is 14.7. The first kappa shape index (κ1) is 26.0. The molecule has 0 aliphatic rings. The van der Waals surface area contributed by atoms with Crippen molar-refractivity contribution in [2.24, 2.45) is 5.16 Å². The summed E-state index contributed by atoms with van der Waals surface area (Å²) in [5.74, 6) is 0. The lowest BCUT2D eigenvalue weighted by Crippen LogP contribution is -3.00. The second kappa shape index (κ2) is 18.3. The molecule has 5 heteroatoms. The average Bonchev–Trinajstić information content (AvgIpc) is 3.09. The molecule has 1 rings (SSSR count). The Labute approximate surface area is 173 Å². The second-order valence-corrected chi connectivity index (χ2v) is 7.76. The largest absolute Gasteiger partial charge is 1.00 e. The van der Waals surface area contributed by atoms with Crippen molar-refractivity contribution in [2.45, 2.75) is 117 Å². The molecule has 0 bridgehead atoms. The highest BCUT2D eigenvalue weighted by Crippen LogP contribution is 2.13. The zero-order valence-electron chi connectivity index (χ0n) is 17.7. The summed E-state index contributed by atoms with van der Waals surface area (Å²) in [6.45, 7) is 5.85. The van der Waals surface area contributed by atoms with Crippen molar-refractivity contribution >= 4 is 5.71 Å². The number of halogens is 1. The minimum atomic E-state index is 0. The Morgan fingerprint density at radius 1 is 0.852 bits per heavy atom. The van der Waals surface area contributed by atoms with Gasteiger partial charge in [-0.1, -0.05) is 89.1 Å². The molecule has 1 heterocycles. The molecule has 0 unspecified atom stereocenters. The third-order valence-corrected chi connectivity index (χ3v) is 5.10. The van der Waals surface area contributed by atoms with Crippen molar-refractivity contribution < 1.29 is 22.2 Å². The van der Waals surface area contributed by atoms with Crippen LogP contribution in [0.1, 0.15) is 104 Å². The number of aryl methyl sites for hydroxylation is 1. The van der Waals surface area contributed by atoms with Crippen molar-refractivity contribution in [1.29, 1.82) is 0 Å². The van der Waals surface area contributed by atoms with E-state index in [1.54, 1.807) is 0 Å². The van der Waals surface area contributed by atoms with Crippen LogP contribution in [0, 0.1) is 0 Å². The number of hydrogen-bond acceptors (Lipinski definition) is 2. The van der Waals surface area contributed by atoms with Crippen LogP contribution in [-0.2, 0) is 13.1 Å². The highest BCUT2D eigenvalue weighted by atomic mass is 35.5. The standard InChI is InChI=1S/C22H41N3O.ClH/c1-3-4-5-6-7-8-9-10-11-12-13-14-15-16-17-24-18-19-25(21-24)20-22(2)23-26;/h18-19,21H,3-17,20H2,1-2H3;1H. The minimum absolute atomic E-state index is 0. The zero-order chi connectivity index (χ0) is 18.9. The number of unbranched alkanes of at least 4 members (excludes halogenated alkanes) is 13. The van der Waals surface area contributed by atoms with Gasteiger partial charge in [-0.15, -0.1) is 0 Å². The van der Waals surface area contributed by atoms with Gasteiger partial charge in [0.1, 0.15) is 18.9 Å². The Morgan fingerprint density at radius 3 is 1.81 bits per heavy atom. The van der Waals surface area contributed by atoms with E-state index in [0.29, 0.717) is 6.54 Å². The Balaban J connectivity index is 0.00000676. The fourth-order valence-corrected chi connectivity index (χ4v) is 3.45. The van der Waals surface area contributed by atoms with Gasteiger partial charge in [-0.3, -0.25) is 0 Å². The third-order valence-electron chi connectivity index (χ3n) is 5.10. The first-order chi connectivity index (χ1) is 12.8. The summed E-state index contributed by atoms with van der Waals surface area (Å²) >= 11 is 0. The molecule has 0 atom stereocenters. The van der Waals surface area contributed by atoms with Gasteiger partial charge in [0, 0.05) is 0 Å². The fraction of sp³-hybridized carbons (Fsp3) is 0.818. The maximum atomic E-state index is 8.71. The van der Waals surface area contributed by atoms with E-state index < -0.39 is 0 Å². The minimum Gasteiger partial charge on any atom is -1.00 e. The van der Waals surface area contributed by atoms with Crippen molar-refractivity contribution in [1.82, 2.24) is 4.57 Å². The molecule has 0 aliphatic carbocycles. The SMILES string of the molecule is CCCCCCCCCCCCCCCCn1cc[n+](CC(C)=NO)c1.[Cl-]. The molecule has 158 valence electrons. The Kier molecular flexibility index (Phi) is 17.6. The molecule has 1 aromatic rings. The molecule has 0 fully saturated rings. The van der Waals surface area contributed by atoms with E-state index in [2.05, 4.69) is 33.7 Å². The number of aromatic nitrogens is 2. The van der Waals surface area contributed by atoms with E-state index in [9.17, 15) is 0 Å². The lowest BCUT2D eigenvalue weighted by molar-refractivity contribution is -0.681. The molecule has 0 aromatic carbocycles. The van der Waals surface area contributed by atoms with Gasteiger partial charge < -0.3 is 17.6 Å². The Bertz CT molecular complexity index is 474. The van der Waals surface area contributed by atoms with Crippen molar-refractivity contribution in [2.75, 3.05) is 0 Å². The first-order valence-electron chi connectivity index (χ1n) is 11.0. The van der Waals surface area contributed by atoms with E-state index in [1.165, 1.54) is 89.9 Å². The summed E-state index contributed by atoms with van der Waals surface area (Å²) in [7, 11) is 0. The maximum absolute atomic E-state index is 8.71. The summed E-state index contributed by atoms with van der Waals surface area (Å²) in [5.41, 5.74) is 0.726. The molecule has 0 saturated heterocycles. The van der Waals surface area contributed by atoms with Gasteiger partial charge in [-0.2, -0.15) is 0 Å². The van der Waals surface area contributed by atoms with Gasteiger partial charge in [-0.05, 0) is 19.8 Å². The molecule has 4 nitrogen and oxygen atoms in total. The van der Waals surface area contributed by atoms with E-state index in [4.69, 9.17) is 5.21 Å². The predicted molar refractivity (Wildman–Crippen MR) is 110 cm³/mol.